The maximum absolute atomic E-state index is 13.2. The van der Waals surface area contributed by atoms with Gasteiger partial charge in [0.05, 0.1) is 6.04 Å². The standard InChI is InChI=1S/C22H27ClN2O/c1-5-15(2)24(3)22(26)20-14-16-10-6-7-11-17(16)21(25(20)4)18-12-8-9-13-19(18)23/h6,8-10,12-15,21H,5,7,11H2,1-4H3/t15?,21-/m1/s1. The van der Waals surface area contributed by atoms with Gasteiger partial charge in [0.15, 0.2) is 0 Å². The molecule has 1 unspecified atom stereocenters. The van der Waals surface area contributed by atoms with Crippen LogP contribution in [0.5, 0.6) is 0 Å². The third kappa shape index (κ3) is 3.33. The van der Waals surface area contributed by atoms with Gasteiger partial charge in [0.1, 0.15) is 5.70 Å². The number of amides is 1. The summed E-state index contributed by atoms with van der Waals surface area (Å²) in [5.41, 5.74) is 4.28. The van der Waals surface area contributed by atoms with Crippen LogP contribution in [0.4, 0.5) is 0 Å². The van der Waals surface area contributed by atoms with Gasteiger partial charge < -0.3 is 9.80 Å². The Kier molecular flexibility index (Phi) is 5.57. The molecule has 1 heterocycles. The summed E-state index contributed by atoms with van der Waals surface area (Å²) < 4.78 is 0. The number of rotatable bonds is 4. The molecule has 1 aromatic carbocycles. The number of hydrogen-bond donors (Lipinski definition) is 0. The van der Waals surface area contributed by atoms with Crippen LogP contribution >= 0.6 is 11.6 Å². The lowest BCUT2D eigenvalue weighted by Gasteiger charge is -2.40. The van der Waals surface area contributed by atoms with E-state index in [0.717, 1.165) is 41.1 Å². The molecule has 3 nitrogen and oxygen atoms in total. The molecule has 0 N–H and O–H groups in total. The largest absolute Gasteiger partial charge is 0.359 e. The van der Waals surface area contributed by atoms with Gasteiger partial charge in [-0.3, -0.25) is 4.79 Å². The van der Waals surface area contributed by atoms with Crippen molar-refractivity contribution in [1.82, 2.24) is 9.80 Å². The SMILES string of the molecule is CCC(C)N(C)C(=O)C1=CC2=C(CCC=C2)[C@H](c2ccccc2Cl)N1C. The monoisotopic (exact) mass is 370 g/mol. The van der Waals surface area contributed by atoms with E-state index in [-0.39, 0.29) is 18.0 Å². The summed E-state index contributed by atoms with van der Waals surface area (Å²) in [6, 6.07) is 8.15. The van der Waals surface area contributed by atoms with Gasteiger partial charge in [0.25, 0.3) is 5.91 Å². The molecule has 0 bridgehead atoms. The van der Waals surface area contributed by atoms with Crippen LogP contribution in [-0.4, -0.2) is 35.8 Å². The molecule has 26 heavy (non-hydrogen) atoms. The zero-order valence-corrected chi connectivity index (χ0v) is 16.8. The van der Waals surface area contributed by atoms with Gasteiger partial charge >= 0.3 is 0 Å². The van der Waals surface area contributed by atoms with Crippen LogP contribution < -0.4 is 0 Å². The van der Waals surface area contributed by atoms with E-state index < -0.39 is 0 Å². The molecule has 1 aromatic rings. The predicted octanol–water partition coefficient (Wildman–Crippen LogP) is 5.11. The second-order valence-corrected chi connectivity index (χ2v) is 7.57. The first kappa shape index (κ1) is 18.8. The first-order valence-corrected chi connectivity index (χ1v) is 9.69. The lowest BCUT2D eigenvalue weighted by atomic mass is 9.84. The molecule has 0 saturated heterocycles. The smallest absolute Gasteiger partial charge is 0.270 e. The number of carbonyl (C=O) groups is 1. The van der Waals surface area contributed by atoms with Crippen LogP contribution in [0.15, 0.2) is 59.3 Å². The van der Waals surface area contributed by atoms with Crippen LogP contribution in [0, 0.1) is 0 Å². The summed E-state index contributed by atoms with van der Waals surface area (Å²) in [4.78, 5) is 17.1. The van der Waals surface area contributed by atoms with E-state index in [1.807, 2.05) is 43.3 Å². The van der Waals surface area contributed by atoms with Crippen molar-refractivity contribution in [1.29, 1.82) is 0 Å². The summed E-state index contributed by atoms with van der Waals surface area (Å²) in [5, 5.41) is 0.745. The minimum Gasteiger partial charge on any atom is -0.359 e. The number of hydrogen-bond acceptors (Lipinski definition) is 2. The molecule has 1 amide bonds. The van der Waals surface area contributed by atoms with E-state index in [1.165, 1.54) is 5.57 Å². The molecule has 1 aliphatic heterocycles. The number of allylic oxidation sites excluding steroid dienone is 4. The van der Waals surface area contributed by atoms with Crippen molar-refractivity contribution in [3.63, 3.8) is 0 Å². The molecule has 2 aliphatic rings. The van der Waals surface area contributed by atoms with Gasteiger partial charge in [-0.05, 0) is 55.0 Å². The number of carbonyl (C=O) groups excluding carboxylic acids is 1. The first-order chi connectivity index (χ1) is 12.5. The normalized spacial score (nSPS) is 20.6. The molecule has 0 saturated carbocycles. The third-order valence-corrected chi connectivity index (χ3v) is 5.97. The molecular weight excluding hydrogens is 344 g/mol. The molecule has 0 spiro atoms. The highest BCUT2D eigenvalue weighted by Crippen LogP contribution is 2.43. The van der Waals surface area contributed by atoms with Gasteiger partial charge in [0, 0.05) is 25.2 Å². The van der Waals surface area contributed by atoms with Gasteiger partial charge in [-0.15, -0.1) is 0 Å². The molecular formula is C22H27ClN2O. The van der Waals surface area contributed by atoms with E-state index in [4.69, 9.17) is 11.6 Å². The number of likely N-dealkylation sites (N-methyl/N-ethyl adjacent to an activating group) is 2. The average molecular weight is 371 g/mol. The highest BCUT2D eigenvalue weighted by atomic mass is 35.5. The fourth-order valence-electron chi connectivity index (χ4n) is 3.72. The van der Waals surface area contributed by atoms with Crippen LogP contribution in [0.25, 0.3) is 0 Å². The Morgan fingerprint density at radius 2 is 2.12 bits per heavy atom. The van der Waals surface area contributed by atoms with E-state index in [0.29, 0.717) is 0 Å². The molecule has 0 fully saturated rings. The van der Waals surface area contributed by atoms with Gasteiger partial charge in [-0.1, -0.05) is 48.9 Å². The maximum atomic E-state index is 13.2. The van der Waals surface area contributed by atoms with E-state index in [9.17, 15) is 4.79 Å². The third-order valence-electron chi connectivity index (χ3n) is 5.63. The van der Waals surface area contributed by atoms with Crippen LogP contribution in [0.1, 0.15) is 44.7 Å². The van der Waals surface area contributed by atoms with Crippen molar-refractivity contribution in [2.24, 2.45) is 0 Å². The van der Waals surface area contributed by atoms with Gasteiger partial charge in [-0.25, -0.2) is 0 Å². The molecule has 0 radical (unpaired) electrons. The quantitative estimate of drug-likeness (QED) is 0.734. The molecule has 3 rings (SSSR count). The van der Waals surface area contributed by atoms with Crippen molar-refractivity contribution in [3.8, 4) is 0 Å². The zero-order valence-electron chi connectivity index (χ0n) is 16.0. The van der Waals surface area contributed by atoms with Crippen LogP contribution in [-0.2, 0) is 4.79 Å². The molecule has 4 heteroatoms. The van der Waals surface area contributed by atoms with Crippen molar-refractivity contribution in [2.75, 3.05) is 14.1 Å². The Balaban J connectivity index is 2.07. The van der Waals surface area contributed by atoms with E-state index in [1.54, 1.807) is 0 Å². The topological polar surface area (TPSA) is 23.6 Å². The minimum absolute atomic E-state index is 0.00191. The van der Waals surface area contributed by atoms with Crippen molar-refractivity contribution in [3.05, 3.63) is 69.9 Å². The summed E-state index contributed by atoms with van der Waals surface area (Å²) in [5.74, 6) is 0.0597. The average Bonchev–Trinajstić information content (AvgIpc) is 2.66. The fourth-order valence-corrected chi connectivity index (χ4v) is 3.96. The highest BCUT2D eigenvalue weighted by molar-refractivity contribution is 6.31. The Hall–Kier alpha value is -2.00. The molecule has 0 aromatic heterocycles. The number of nitrogens with zero attached hydrogens (tertiary/aromatic N) is 2. The van der Waals surface area contributed by atoms with Gasteiger partial charge in [-0.2, -0.15) is 0 Å². The second-order valence-electron chi connectivity index (χ2n) is 7.16. The fraction of sp³-hybridized carbons (Fsp3) is 0.409. The molecule has 1 aliphatic carbocycles. The van der Waals surface area contributed by atoms with Crippen LogP contribution in [0.2, 0.25) is 5.02 Å². The van der Waals surface area contributed by atoms with Crippen LogP contribution in [0.3, 0.4) is 0 Å². The van der Waals surface area contributed by atoms with Crippen molar-refractivity contribution >= 4 is 17.5 Å². The molecule has 2 atom stereocenters. The summed E-state index contributed by atoms with van der Waals surface area (Å²) in [7, 11) is 3.89. The predicted molar refractivity (Wildman–Crippen MR) is 108 cm³/mol. The highest BCUT2D eigenvalue weighted by Gasteiger charge is 2.34. The van der Waals surface area contributed by atoms with E-state index >= 15 is 0 Å². The van der Waals surface area contributed by atoms with Gasteiger partial charge in [0.2, 0.25) is 0 Å². The van der Waals surface area contributed by atoms with Crippen molar-refractivity contribution in [2.45, 2.75) is 45.2 Å². The Bertz CT molecular complexity index is 793. The zero-order chi connectivity index (χ0) is 18.8. The lowest BCUT2D eigenvalue weighted by molar-refractivity contribution is -0.129. The van der Waals surface area contributed by atoms with Crippen molar-refractivity contribution < 1.29 is 4.79 Å². The number of benzene rings is 1. The number of halogens is 1. The minimum atomic E-state index is -0.00191. The Morgan fingerprint density at radius 1 is 1.38 bits per heavy atom. The molecule has 138 valence electrons. The summed E-state index contributed by atoms with van der Waals surface area (Å²) in [6.07, 6.45) is 9.32. The Morgan fingerprint density at radius 3 is 2.81 bits per heavy atom. The summed E-state index contributed by atoms with van der Waals surface area (Å²) >= 11 is 6.53. The maximum Gasteiger partial charge on any atom is 0.270 e. The Labute approximate surface area is 161 Å². The lowest BCUT2D eigenvalue weighted by Crippen LogP contribution is -2.42. The first-order valence-electron chi connectivity index (χ1n) is 9.31. The van der Waals surface area contributed by atoms with E-state index in [2.05, 4.69) is 37.0 Å². The second kappa shape index (κ2) is 7.71. The summed E-state index contributed by atoms with van der Waals surface area (Å²) in [6.45, 7) is 4.18.